The number of hydrogen-bond acceptors (Lipinski definition) is 2. The zero-order valence-corrected chi connectivity index (χ0v) is 11.8. The molecule has 3 unspecified atom stereocenters. The molecule has 18 heavy (non-hydrogen) atoms. The van der Waals surface area contributed by atoms with Gasteiger partial charge in [-0.25, -0.2) is 0 Å². The minimum Gasteiger partial charge on any atom is -0.387 e. The van der Waals surface area contributed by atoms with Gasteiger partial charge in [-0.3, -0.25) is 4.90 Å². The van der Waals surface area contributed by atoms with Crippen molar-refractivity contribution in [2.45, 2.75) is 58.2 Å². The lowest BCUT2D eigenvalue weighted by Crippen LogP contribution is -2.39. The van der Waals surface area contributed by atoms with E-state index < -0.39 is 0 Å². The maximum absolute atomic E-state index is 10.5. The van der Waals surface area contributed by atoms with Crippen LogP contribution >= 0.6 is 0 Å². The highest BCUT2D eigenvalue weighted by Gasteiger charge is 2.29. The molecule has 1 aromatic rings. The minimum atomic E-state index is -0.378. The number of benzene rings is 1. The van der Waals surface area contributed by atoms with E-state index in [2.05, 4.69) is 49.9 Å². The molecule has 1 aromatic carbocycles. The number of likely N-dealkylation sites (tertiary alicyclic amines) is 1. The summed E-state index contributed by atoms with van der Waals surface area (Å²) in [6.07, 6.45) is 3.19. The first kappa shape index (κ1) is 13.6. The van der Waals surface area contributed by atoms with Crippen molar-refractivity contribution in [2.75, 3.05) is 6.54 Å². The van der Waals surface area contributed by atoms with Gasteiger partial charge >= 0.3 is 0 Å². The van der Waals surface area contributed by atoms with Crippen molar-refractivity contribution in [1.29, 1.82) is 0 Å². The second kappa shape index (κ2) is 5.85. The second-order valence-corrected chi connectivity index (χ2v) is 5.51. The normalized spacial score (nSPS) is 24.1. The molecule has 0 amide bonds. The number of aliphatic hydroxyl groups is 1. The van der Waals surface area contributed by atoms with Crippen molar-refractivity contribution < 1.29 is 5.11 Å². The predicted molar refractivity (Wildman–Crippen MR) is 75.6 cm³/mol. The van der Waals surface area contributed by atoms with E-state index in [-0.39, 0.29) is 12.1 Å². The summed E-state index contributed by atoms with van der Waals surface area (Å²) in [6.45, 7) is 7.67. The van der Waals surface area contributed by atoms with Gasteiger partial charge in [-0.2, -0.15) is 0 Å². The highest BCUT2D eigenvalue weighted by atomic mass is 16.3. The molecule has 100 valence electrons. The van der Waals surface area contributed by atoms with Gasteiger partial charge in [0.15, 0.2) is 0 Å². The van der Waals surface area contributed by atoms with Crippen LogP contribution < -0.4 is 0 Å². The molecule has 0 saturated carbocycles. The van der Waals surface area contributed by atoms with Crippen LogP contribution in [0.25, 0.3) is 0 Å². The zero-order chi connectivity index (χ0) is 13.1. The lowest BCUT2D eigenvalue weighted by molar-refractivity contribution is 0.0542. The molecule has 1 fully saturated rings. The van der Waals surface area contributed by atoms with E-state index in [9.17, 15) is 5.11 Å². The average molecular weight is 247 g/mol. The fourth-order valence-electron chi connectivity index (χ4n) is 2.97. The summed E-state index contributed by atoms with van der Waals surface area (Å²) in [5, 5.41) is 10.5. The van der Waals surface area contributed by atoms with Crippen molar-refractivity contribution in [2.24, 2.45) is 0 Å². The number of hydrogen-bond donors (Lipinski definition) is 1. The van der Waals surface area contributed by atoms with Gasteiger partial charge < -0.3 is 5.11 Å². The van der Waals surface area contributed by atoms with E-state index >= 15 is 0 Å². The summed E-state index contributed by atoms with van der Waals surface area (Å²) in [7, 11) is 0. The Labute approximate surface area is 111 Å². The molecule has 0 bridgehead atoms. The predicted octanol–water partition coefficient (Wildman–Crippen LogP) is 3.16. The van der Waals surface area contributed by atoms with Gasteiger partial charge in [0.2, 0.25) is 0 Å². The lowest BCUT2D eigenvalue weighted by atomic mass is 10.00. The SMILES string of the molecule is CCc1ccc(C(O)C(C)N2CCCC2C)cc1. The molecule has 1 aliphatic heterocycles. The summed E-state index contributed by atoms with van der Waals surface area (Å²) < 4.78 is 0. The summed E-state index contributed by atoms with van der Waals surface area (Å²) >= 11 is 0. The summed E-state index contributed by atoms with van der Waals surface area (Å²) in [4.78, 5) is 2.43. The highest BCUT2D eigenvalue weighted by molar-refractivity contribution is 5.25. The molecule has 0 spiro atoms. The molecule has 1 heterocycles. The monoisotopic (exact) mass is 247 g/mol. The molecule has 0 aromatic heterocycles. The van der Waals surface area contributed by atoms with Crippen LogP contribution in [-0.2, 0) is 6.42 Å². The second-order valence-electron chi connectivity index (χ2n) is 5.51. The number of aliphatic hydroxyl groups excluding tert-OH is 1. The molecule has 2 nitrogen and oxygen atoms in total. The third-order valence-corrected chi connectivity index (χ3v) is 4.31. The van der Waals surface area contributed by atoms with Gasteiger partial charge in [-0.15, -0.1) is 0 Å². The Morgan fingerprint density at radius 2 is 2.00 bits per heavy atom. The quantitative estimate of drug-likeness (QED) is 0.883. The van der Waals surface area contributed by atoms with Crippen LogP contribution in [0.15, 0.2) is 24.3 Å². The molecular weight excluding hydrogens is 222 g/mol. The molecule has 2 heteroatoms. The molecule has 1 saturated heterocycles. The van der Waals surface area contributed by atoms with Crippen LogP contribution in [0.5, 0.6) is 0 Å². The van der Waals surface area contributed by atoms with E-state index in [4.69, 9.17) is 0 Å². The standard InChI is InChI=1S/C16H25NO/c1-4-14-7-9-15(10-8-14)16(18)13(3)17-11-5-6-12(17)2/h7-10,12-13,16,18H,4-6,11H2,1-3H3. The Hall–Kier alpha value is -0.860. The zero-order valence-electron chi connectivity index (χ0n) is 11.8. The van der Waals surface area contributed by atoms with Crippen LogP contribution in [0, 0.1) is 0 Å². The van der Waals surface area contributed by atoms with Crippen LogP contribution in [0.1, 0.15) is 50.8 Å². The Balaban J connectivity index is 2.07. The summed E-state index contributed by atoms with van der Waals surface area (Å²) in [5.41, 5.74) is 2.37. The Bertz CT molecular complexity index is 373. The largest absolute Gasteiger partial charge is 0.387 e. The number of rotatable bonds is 4. The molecule has 0 aliphatic carbocycles. The van der Waals surface area contributed by atoms with E-state index in [1.54, 1.807) is 0 Å². The van der Waals surface area contributed by atoms with Crippen molar-refractivity contribution in [1.82, 2.24) is 4.90 Å². The van der Waals surface area contributed by atoms with Crippen LogP contribution in [0.2, 0.25) is 0 Å². The fraction of sp³-hybridized carbons (Fsp3) is 0.625. The Morgan fingerprint density at radius 1 is 1.33 bits per heavy atom. The molecule has 0 radical (unpaired) electrons. The first-order valence-electron chi connectivity index (χ1n) is 7.16. The first-order chi connectivity index (χ1) is 8.63. The first-order valence-corrected chi connectivity index (χ1v) is 7.16. The molecule has 1 aliphatic rings. The Morgan fingerprint density at radius 3 is 2.50 bits per heavy atom. The van der Waals surface area contributed by atoms with Crippen LogP contribution in [0.4, 0.5) is 0 Å². The lowest BCUT2D eigenvalue weighted by Gasteiger charge is -2.32. The van der Waals surface area contributed by atoms with Gasteiger partial charge in [-0.1, -0.05) is 31.2 Å². The fourth-order valence-corrected chi connectivity index (χ4v) is 2.97. The third-order valence-electron chi connectivity index (χ3n) is 4.31. The van der Waals surface area contributed by atoms with E-state index in [0.29, 0.717) is 6.04 Å². The number of nitrogens with zero attached hydrogens (tertiary/aromatic N) is 1. The van der Waals surface area contributed by atoms with Crippen LogP contribution in [0.3, 0.4) is 0 Å². The Kier molecular flexibility index (Phi) is 4.41. The maximum atomic E-state index is 10.5. The highest BCUT2D eigenvalue weighted by Crippen LogP contribution is 2.27. The van der Waals surface area contributed by atoms with Gasteiger partial charge in [-0.05, 0) is 50.8 Å². The topological polar surface area (TPSA) is 23.5 Å². The van der Waals surface area contributed by atoms with E-state index in [0.717, 1.165) is 18.5 Å². The maximum Gasteiger partial charge on any atom is 0.0942 e. The number of aryl methyl sites for hydroxylation is 1. The molecule has 2 rings (SSSR count). The van der Waals surface area contributed by atoms with Crippen molar-refractivity contribution >= 4 is 0 Å². The van der Waals surface area contributed by atoms with E-state index in [1.807, 2.05) is 0 Å². The van der Waals surface area contributed by atoms with Crippen molar-refractivity contribution in [3.8, 4) is 0 Å². The van der Waals surface area contributed by atoms with Gasteiger partial charge in [0, 0.05) is 12.1 Å². The minimum absolute atomic E-state index is 0.204. The van der Waals surface area contributed by atoms with Crippen LogP contribution in [-0.4, -0.2) is 28.6 Å². The molecule has 1 N–H and O–H groups in total. The van der Waals surface area contributed by atoms with Crippen molar-refractivity contribution in [3.05, 3.63) is 35.4 Å². The molecule has 3 atom stereocenters. The van der Waals surface area contributed by atoms with Gasteiger partial charge in [0.25, 0.3) is 0 Å². The molecular formula is C16H25NO. The smallest absolute Gasteiger partial charge is 0.0942 e. The summed E-state index contributed by atoms with van der Waals surface area (Å²) in [6, 6.07) is 9.19. The average Bonchev–Trinajstić information content (AvgIpc) is 2.83. The van der Waals surface area contributed by atoms with Crippen molar-refractivity contribution in [3.63, 3.8) is 0 Å². The van der Waals surface area contributed by atoms with Gasteiger partial charge in [0.1, 0.15) is 0 Å². The summed E-state index contributed by atoms with van der Waals surface area (Å²) in [5.74, 6) is 0. The van der Waals surface area contributed by atoms with E-state index in [1.165, 1.54) is 18.4 Å². The third kappa shape index (κ3) is 2.76. The van der Waals surface area contributed by atoms with Gasteiger partial charge in [0.05, 0.1) is 6.10 Å².